The molecule has 0 aliphatic carbocycles. The highest BCUT2D eigenvalue weighted by Crippen LogP contribution is 2.26. The van der Waals surface area contributed by atoms with Crippen LogP contribution in [0, 0.1) is 13.8 Å². The van der Waals surface area contributed by atoms with Gasteiger partial charge in [0.2, 0.25) is 0 Å². The quantitative estimate of drug-likeness (QED) is 0.601. The van der Waals surface area contributed by atoms with Gasteiger partial charge in [-0.05, 0) is 49.7 Å². The van der Waals surface area contributed by atoms with Gasteiger partial charge in [0.15, 0.2) is 17.0 Å². The first-order valence-corrected chi connectivity index (χ1v) is 8.32. The average molecular weight is 345 g/mol. The van der Waals surface area contributed by atoms with Crippen LogP contribution in [0.15, 0.2) is 55.1 Å². The highest BCUT2D eigenvalue weighted by molar-refractivity contribution is 5.86. The van der Waals surface area contributed by atoms with Gasteiger partial charge in [0.1, 0.15) is 18.4 Å². The fourth-order valence-corrected chi connectivity index (χ4v) is 2.94. The Morgan fingerprint density at radius 1 is 0.962 bits per heavy atom. The van der Waals surface area contributed by atoms with E-state index in [1.807, 2.05) is 28.8 Å². The van der Waals surface area contributed by atoms with Crippen LogP contribution >= 0.6 is 0 Å². The van der Waals surface area contributed by atoms with Crippen molar-refractivity contribution < 1.29 is 4.74 Å². The van der Waals surface area contributed by atoms with Crippen molar-refractivity contribution in [2.24, 2.45) is 0 Å². The summed E-state index contributed by atoms with van der Waals surface area (Å²) in [5.41, 5.74) is 5.83. The lowest BCUT2D eigenvalue weighted by atomic mass is 10.1. The van der Waals surface area contributed by atoms with Crippen LogP contribution in [0.4, 0.5) is 11.5 Å². The van der Waals surface area contributed by atoms with E-state index in [4.69, 9.17) is 4.74 Å². The van der Waals surface area contributed by atoms with E-state index in [2.05, 4.69) is 52.3 Å². The molecule has 0 fully saturated rings. The van der Waals surface area contributed by atoms with E-state index in [0.29, 0.717) is 5.82 Å². The fourth-order valence-electron chi connectivity index (χ4n) is 2.94. The Balaban J connectivity index is 1.74. The summed E-state index contributed by atoms with van der Waals surface area (Å²) in [6, 6.07) is 14.0. The van der Waals surface area contributed by atoms with Gasteiger partial charge in [-0.25, -0.2) is 15.0 Å². The number of hydrogen-bond acceptors (Lipinski definition) is 5. The van der Waals surface area contributed by atoms with Crippen molar-refractivity contribution >= 4 is 22.7 Å². The average Bonchev–Trinajstić information content (AvgIpc) is 3.09. The van der Waals surface area contributed by atoms with Crippen LogP contribution in [0.5, 0.6) is 5.75 Å². The molecule has 2 aromatic carbocycles. The van der Waals surface area contributed by atoms with E-state index in [-0.39, 0.29) is 0 Å². The molecule has 0 unspecified atom stereocenters. The molecule has 0 amide bonds. The van der Waals surface area contributed by atoms with E-state index >= 15 is 0 Å². The first-order valence-electron chi connectivity index (χ1n) is 8.32. The SMILES string of the molecule is COc1ccc(-n2cnc3c(Nc4ccc(C)cc4C)ncnc32)cc1. The minimum absolute atomic E-state index is 0.689. The molecule has 0 atom stereocenters. The summed E-state index contributed by atoms with van der Waals surface area (Å²) in [4.78, 5) is 13.3. The molecule has 2 aromatic heterocycles. The summed E-state index contributed by atoms with van der Waals surface area (Å²) < 4.78 is 7.15. The highest BCUT2D eigenvalue weighted by atomic mass is 16.5. The molecule has 0 radical (unpaired) electrons. The summed E-state index contributed by atoms with van der Waals surface area (Å²) >= 11 is 0. The number of aryl methyl sites for hydroxylation is 2. The zero-order valence-corrected chi connectivity index (χ0v) is 14.9. The molecule has 1 N–H and O–H groups in total. The molecule has 2 heterocycles. The lowest BCUT2D eigenvalue weighted by Crippen LogP contribution is -1.99. The summed E-state index contributed by atoms with van der Waals surface area (Å²) in [5.74, 6) is 1.50. The Kier molecular flexibility index (Phi) is 4.01. The van der Waals surface area contributed by atoms with Gasteiger partial charge in [-0.2, -0.15) is 0 Å². The minimum atomic E-state index is 0.689. The van der Waals surface area contributed by atoms with Gasteiger partial charge in [0, 0.05) is 11.4 Å². The van der Waals surface area contributed by atoms with Crippen molar-refractivity contribution in [2.45, 2.75) is 13.8 Å². The Morgan fingerprint density at radius 3 is 2.50 bits per heavy atom. The summed E-state index contributed by atoms with van der Waals surface area (Å²) in [6.07, 6.45) is 3.31. The first-order chi connectivity index (χ1) is 12.7. The third kappa shape index (κ3) is 2.86. The number of hydrogen-bond donors (Lipinski definition) is 1. The van der Waals surface area contributed by atoms with Crippen molar-refractivity contribution in [3.05, 3.63) is 66.2 Å². The Labute approximate surface area is 151 Å². The first kappa shape index (κ1) is 16.1. The number of benzene rings is 2. The van der Waals surface area contributed by atoms with E-state index < -0.39 is 0 Å². The van der Waals surface area contributed by atoms with Crippen LogP contribution in [-0.2, 0) is 0 Å². The number of methoxy groups -OCH3 is 1. The van der Waals surface area contributed by atoms with Crippen molar-refractivity contribution in [1.29, 1.82) is 0 Å². The molecule has 0 saturated carbocycles. The molecule has 6 nitrogen and oxygen atoms in total. The van der Waals surface area contributed by atoms with Gasteiger partial charge < -0.3 is 10.1 Å². The predicted octanol–water partition coefficient (Wildman–Crippen LogP) is 4.18. The maximum Gasteiger partial charge on any atom is 0.170 e. The van der Waals surface area contributed by atoms with Crippen molar-refractivity contribution in [1.82, 2.24) is 19.5 Å². The summed E-state index contributed by atoms with van der Waals surface area (Å²) in [7, 11) is 1.65. The molecule has 0 spiro atoms. The molecular weight excluding hydrogens is 326 g/mol. The van der Waals surface area contributed by atoms with Crippen molar-refractivity contribution in [3.8, 4) is 11.4 Å². The van der Waals surface area contributed by atoms with E-state index in [9.17, 15) is 0 Å². The molecule has 0 aliphatic rings. The minimum Gasteiger partial charge on any atom is -0.497 e. The molecule has 130 valence electrons. The number of nitrogens with zero attached hydrogens (tertiary/aromatic N) is 4. The Bertz CT molecular complexity index is 1070. The second kappa shape index (κ2) is 6.48. The zero-order valence-electron chi connectivity index (χ0n) is 14.9. The Hall–Kier alpha value is -3.41. The van der Waals surface area contributed by atoms with Crippen molar-refractivity contribution in [2.75, 3.05) is 12.4 Å². The van der Waals surface area contributed by atoms with Crippen LogP contribution in [0.1, 0.15) is 11.1 Å². The lowest BCUT2D eigenvalue weighted by molar-refractivity contribution is 0.415. The maximum absolute atomic E-state index is 5.22. The molecule has 4 aromatic rings. The molecular formula is C20H19N5O. The number of anilines is 2. The monoisotopic (exact) mass is 345 g/mol. The third-order valence-corrected chi connectivity index (χ3v) is 4.32. The lowest BCUT2D eigenvalue weighted by Gasteiger charge is -2.10. The van der Waals surface area contributed by atoms with Gasteiger partial charge in [0.25, 0.3) is 0 Å². The largest absolute Gasteiger partial charge is 0.497 e. The van der Waals surface area contributed by atoms with Crippen LogP contribution in [0.3, 0.4) is 0 Å². The Morgan fingerprint density at radius 2 is 1.77 bits per heavy atom. The second-order valence-electron chi connectivity index (χ2n) is 6.15. The highest BCUT2D eigenvalue weighted by Gasteiger charge is 2.12. The standard InChI is InChI=1S/C20H19N5O/c1-13-4-9-17(14(2)10-13)24-19-18-20(22-11-21-19)25(12-23-18)15-5-7-16(26-3)8-6-15/h4-12H,1-3H3,(H,21,22,24). The van der Waals surface area contributed by atoms with E-state index in [0.717, 1.165) is 33.9 Å². The second-order valence-corrected chi connectivity index (χ2v) is 6.15. The van der Waals surface area contributed by atoms with Gasteiger partial charge in [-0.3, -0.25) is 4.57 Å². The maximum atomic E-state index is 5.22. The molecule has 4 rings (SSSR count). The van der Waals surface area contributed by atoms with Gasteiger partial charge in [0.05, 0.1) is 7.11 Å². The summed E-state index contributed by atoms with van der Waals surface area (Å²) in [5, 5.41) is 3.38. The van der Waals surface area contributed by atoms with Crippen LogP contribution in [-0.4, -0.2) is 26.6 Å². The normalized spacial score (nSPS) is 10.9. The van der Waals surface area contributed by atoms with E-state index in [1.54, 1.807) is 19.8 Å². The van der Waals surface area contributed by atoms with Crippen LogP contribution in [0.2, 0.25) is 0 Å². The fraction of sp³-hybridized carbons (Fsp3) is 0.150. The number of ether oxygens (including phenoxy) is 1. The third-order valence-electron chi connectivity index (χ3n) is 4.32. The molecule has 6 heteroatoms. The zero-order chi connectivity index (χ0) is 18.1. The van der Waals surface area contributed by atoms with Gasteiger partial charge in [-0.15, -0.1) is 0 Å². The number of rotatable bonds is 4. The molecule has 0 bridgehead atoms. The molecule has 0 saturated heterocycles. The van der Waals surface area contributed by atoms with Gasteiger partial charge >= 0.3 is 0 Å². The predicted molar refractivity (Wildman–Crippen MR) is 102 cm³/mol. The summed E-state index contributed by atoms with van der Waals surface area (Å²) in [6.45, 7) is 4.15. The van der Waals surface area contributed by atoms with Gasteiger partial charge in [-0.1, -0.05) is 17.7 Å². The topological polar surface area (TPSA) is 64.9 Å². The van der Waals surface area contributed by atoms with Crippen molar-refractivity contribution in [3.63, 3.8) is 0 Å². The van der Waals surface area contributed by atoms with Crippen LogP contribution < -0.4 is 10.1 Å². The smallest absolute Gasteiger partial charge is 0.170 e. The van der Waals surface area contributed by atoms with E-state index in [1.165, 1.54) is 5.56 Å². The number of imidazole rings is 1. The molecule has 0 aliphatic heterocycles. The molecule has 26 heavy (non-hydrogen) atoms. The number of nitrogens with one attached hydrogen (secondary N) is 1. The van der Waals surface area contributed by atoms with Crippen LogP contribution in [0.25, 0.3) is 16.9 Å². The number of fused-ring (bicyclic) bond motifs is 1. The number of aromatic nitrogens is 4.